The van der Waals surface area contributed by atoms with Gasteiger partial charge in [-0.25, -0.2) is 8.42 Å². The average molecular weight is 283 g/mol. The third-order valence-corrected chi connectivity index (χ3v) is 5.23. The van der Waals surface area contributed by atoms with Crippen molar-refractivity contribution in [1.29, 1.82) is 0 Å². The first-order valence-corrected chi connectivity index (χ1v) is 8.32. The molecule has 1 rings (SSSR count). The average Bonchev–Trinajstić information content (AvgIpc) is 2.15. The van der Waals surface area contributed by atoms with E-state index in [-0.39, 0.29) is 13.0 Å². The summed E-state index contributed by atoms with van der Waals surface area (Å²) in [7, 11) is -3.20. The number of thioether (sulfide) groups is 1. The molecule has 0 aromatic rings. The van der Waals surface area contributed by atoms with Crippen LogP contribution in [0.3, 0.4) is 0 Å². The van der Waals surface area contributed by atoms with E-state index < -0.39 is 27.3 Å². The lowest BCUT2D eigenvalue weighted by atomic mass is 10.2. The Morgan fingerprint density at radius 2 is 2.24 bits per heavy atom. The van der Waals surface area contributed by atoms with Crippen molar-refractivity contribution in [2.75, 3.05) is 30.9 Å². The van der Waals surface area contributed by atoms with Gasteiger partial charge in [-0.1, -0.05) is 0 Å². The van der Waals surface area contributed by atoms with Gasteiger partial charge in [-0.15, -0.1) is 0 Å². The van der Waals surface area contributed by atoms with Gasteiger partial charge in [0, 0.05) is 30.9 Å². The van der Waals surface area contributed by atoms with Crippen LogP contribution >= 0.6 is 11.8 Å². The number of aliphatic carboxylic acids is 1. The van der Waals surface area contributed by atoms with Gasteiger partial charge >= 0.3 is 5.97 Å². The van der Waals surface area contributed by atoms with Crippen molar-refractivity contribution >= 4 is 27.6 Å². The normalized spacial score (nSPS) is 24.5. The van der Waals surface area contributed by atoms with Crippen molar-refractivity contribution in [3.63, 3.8) is 0 Å². The number of hydrogen-bond acceptors (Lipinski definition) is 6. The van der Waals surface area contributed by atoms with E-state index in [4.69, 9.17) is 5.11 Å². The summed E-state index contributed by atoms with van der Waals surface area (Å²) in [6.07, 6.45) is -0.222. The van der Waals surface area contributed by atoms with Crippen molar-refractivity contribution < 1.29 is 23.4 Å². The third-order valence-electron chi connectivity index (χ3n) is 2.54. The van der Waals surface area contributed by atoms with Crippen LogP contribution in [0.4, 0.5) is 0 Å². The van der Waals surface area contributed by atoms with E-state index >= 15 is 0 Å². The minimum Gasteiger partial charge on any atom is -0.481 e. The van der Waals surface area contributed by atoms with Gasteiger partial charge in [0.1, 0.15) is 5.37 Å². The smallest absolute Gasteiger partial charge is 0.306 e. The fraction of sp³-hybridized carbons (Fsp3) is 0.889. The van der Waals surface area contributed by atoms with E-state index in [1.807, 2.05) is 0 Å². The Hall–Kier alpha value is -0.310. The monoisotopic (exact) mass is 283 g/mol. The Morgan fingerprint density at radius 3 is 2.76 bits per heavy atom. The lowest BCUT2D eigenvalue weighted by Crippen LogP contribution is -2.49. The molecule has 0 aliphatic carbocycles. The molecule has 2 N–H and O–H groups in total. The molecular weight excluding hydrogens is 266 g/mol. The van der Waals surface area contributed by atoms with Gasteiger partial charge in [-0.2, -0.15) is 11.8 Å². The zero-order valence-corrected chi connectivity index (χ0v) is 11.2. The topological polar surface area (TPSA) is 94.9 Å². The summed E-state index contributed by atoms with van der Waals surface area (Å²) in [5.41, 5.74) is 0. The van der Waals surface area contributed by atoms with Crippen molar-refractivity contribution in [1.82, 2.24) is 4.90 Å². The maximum atomic E-state index is 11.5. The lowest BCUT2D eigenvalue weighted by molar-refractivity contribution is -0.139. The highest BCUT2D eigenvalue weighted by atomic mass is 32.2. The van der Waals surface area contributed by atoms with Crippen LogP contribution in [-0.2, 0) is 14.6 Å². The first kappa shape index (κ1) is 14.7. The maximum Gasteiger partial charge on any atom is 0.306 e. The van der Waals surface area contributed by atoms with Crippen molar-refractivity contribution in [3.05, 3.63) is 0 Å². The summed E-state index contributed by atoms with van der Waals surface area (Å²) >= 11 is 1.56. The van der Waals surface area contributed by atoms with E-state index in [9.17, 15) is 18.3 Å². The summed E-state index contributed by atoms with van der Waals surface area (Å²) in [6, 6.07) is 0. The molecule has 0 amide bonds. The second-order valence-corrected chi connectivity index (χ2v) is 7.46. The van der Waals surface area contributed by atoms with Crippen LogP contribution in [0.25, 0.3) is 0 Å². The molecule has 0 aromatic carbocycles. The van der Waals surface area contributed by atoms with Crippen LogP contribution in [0.5, 0.6) is 0 Å². The SMILES string of the molecule is CS(=O)(=O)C1CSCCN1CC(O)CC(=O)O. The molecule has 2 unspecified atom stereocenters. The molecule has 0 spiro atoms. The number of sulfone groups is 1. The van der Waals surface area contributed by atoms with Gasteiger partial charge in [-0.3, -0.25) is 9.69 Å². The quantitative estimate of drug-likeness (QED) is 0.685. The molecule has 6 nitrogen and oxygen atoms in total. The van der Waals surface area contributed by atoms with E-state index in [0.29, 0.717) is 12.3 Å². The van der Waals surface area contributed by atoms with Crippen molar-refractivity contribution in [2.45, 2.75) is 17.9 Å². The fourth-order valence-electron chi connectivity index (χ4n) is 1.76. The van der Waals surface area contributed by atoms with Crippen LogP contribution in [0.1, 0.15) is 6.42 Å². The Labute approximate surface area is 105 Å². The summed E-state index contributed by atoms with van der Waals surface area (Å²) in [5.74, 6) is 0.185. The zero-order chi connectivity index (χ0) is 13.1. The van der Waals surface area contributed by atoms with Crippen LogP contribution in [0, 0.1) is 0 Å². The molecule has 1 aliphatic heterocycles. The summed E-state index contributed by atoms with van der Waals surface area (Å²) in [4.78, 5) is 12.1. The fourth-order valence-corrected chi connectivity index (χ4v) is 4.71. The number of aliphatic hydroxyl groups is 1. The molecule has 0 bridgehead atoms. The molecular formula is C9H17NO5S2. The Bertz CT molecular complexity index is 370. The number of carboxylic acid groups (broad SMARTS) is 1. The van der Waals surface area contributed by atoms with E-state index in [0.717, 1.165) is 5.75 Å². The van der Waals surface area contributed by atoms with Crippen LogP contribution < -0.4 is 0 Å². The van der Waals surface area contributed by atoms with Gasteiger partial charge in [-0.05, 0) is 0 Å². The molecule has 2 atom stereocenters. The number of hydrogen-bond donors (Lipinski definition) is 2. The minimum absolute atomic E-state index is 0.0879. The number of rotatable bonds is 5. The molecule has 100 valence electrons. The number of nitrogens with zero attached hydrogens (tertiary/aromatic N) is 1. The second kappa shape index (κ2) is 6.03. The highest BCUT2D eigenvalue weighted by Gasteiger charge is 2.32. The van der Waals surface area contributed by atoms with Crippen molar-refractivity contribution in [2.24, 2.45) is 0 Å². The lowest BCUT2D eigenvalue weighted by Gasteiger charge is -2.34. The molecule has 17 heavy (non-hydrogen) atoms. The first-order chi connectivity index (χ1) is 7.80. The van der Waals surface area contributed by atoms with Crippen LogP contribution in [-0.4, -0.2) is 71.8 Å². The Morgan fingerprint density at radius 1 is 1.59 bits per heavy atom. The molecule has 1 fully saturated rings. The van der Waals surface area contributed by atoms with Gasteiger partial charge in [0.15, 0.2) is 9.84 Å². The third kappa shape index (κ3) is 4.82. The van der Waals surface area contributed by atoms with Crippen molar-refractivity contribution in [3.8, 4) is 0 Å². The molecule has 1 saturated heterocycles. The second-order valence-electron chi connectivity index (χ2n) is 4.11. The zero-order valence-electron chi connectivity index (χ0n) is 9.57. The number of β-amino-alcohol motifs (C(OH)–C–C–N with tert-alkyl or cyclic N) is 1. The number of aliphatic hydroxyl groups excluding tert-OH is 1. The standard InChI is InChI=1S/C9H17NO5S2/c1-17(14,15)8-6-16-3-2-10(8)5-7(11)4-9(12)13/h7-8,11H,2-6H2,1H3,(H,12,13). The predicted molar refractivity (Wildman–Crippen MR) is 65.8 cm³/mol. The molecule has 1 heterocycles. The Balaban J connectivity index is 2.63. The molecule has 0 saturated carbocycles. The summed E-state index contributed by atoms with van der Waals surface area (Å²) < 4.78 is 23.1. The predicted octanol–water partition coefficient (Wildman–Crippen LogP) is -0.758. The van der Waals surface area contributed by atoms with Crippen LogP contribution in [0.15, 0.2) is 0 Å². The Kier molecular flexibility index (Phi) is 5.23. The summed E-state index contributed by atoms with van der Waals surface area (Å²) in [5, 5.41) is 17.4. The minimum atomic E-state index is -3.20. The van der Waals surface area contributed by atoms with Gasteiger partial charge in [0.2, 0.25) is 0 Å². The highest BCUT2D eigenvalue weighted by Crippen LogP contribution is 2.20. The van der Waals surface area contributed by atoms with Gasteiger partial charge in [0.05, 0.1) is 12.5 Å². The summed E-state index contributed by atoms with van der Waals surface area (Å²) in [6.45, 7) is 0.643. The highest BCUT2D eigenvalue weighted by molar-refractivity contribution is 8.00. The van der Waals surface area contributed by atoms with Crippen LogP contribution in [0.2, 0.25) is 0 Å². The molecule has 0 aromatic heterocycles. The van der Waals surface area contributed by atoms with E-state index in [1.165, 1.54) is 6.26 Å². The maximum absolute atomic E-state index is 11.5. The van der Waals surface area contributed by atoms with Gasteiger partial charge < -0.3 is 10.2 Å². The van der Waals surface area contributed by atoms with E-state index in [2.05, 4.69) is 0 Å². The first-order valence-electron chi connectivity index (χ1n) is 5.21. The molecule has 8 heteroatoms. The largest absolute Gasteiger partial charge is 0.481 e. The van der Waals surface area contributed by atoms with E-state index in [1.54, 1.807) is 16.7 Å². The van der Waals surface area contributed by atoms with Gasteiger partial charge in [0.25, 0.3) is 0 Å². The number of carboxylic acids is 1. The number of carbonyl (C=O) groups is 1. The molecule has 0 radical (unpaired) electrons. The molecule has 1 aliphatic rings.